The van der Waals surface area contributed by atoms with Crippen molar-refractivity contribution < 1.29 is 26.6 Å². The Morgan fingerprint density at radius 3 is 1.21 bits per heavy atom. The van der Waals surface area contributed by atoms with Crippen molar-refractivity contribution in [1.29, 1.82) is 0 Å². The zero-order valence-electron chi connectivity index (χ0n) is 15.9. The van der Waals surface area contributed by atoms with Gasteiger partial charge in [0.25, 0.3) is 0 Å². The molecule has 0 aromatic rings. The highest BCUT2D eigenvalue weighted by atomic mass is 33.1. The highest BCUT2D eigenvalue weighted by Gasteiger charge is 2.38. The van der Waals surface area contributed by atoms with Gasteiger partial charge in [-0.2, -0.15) is 0 Å². The van der Waals surface area contributed by atoms with Gasteiger partial charge in [0, 0.05) is 65.2 Å². The molecule has 0 atom stereocenters. The molecule has 0 heterocycles. The van der Waals surface area contributed by atoms with Crippen molar-refractivity contribution in [2.45, 2.75) is 38.8 Å². The second-order valence-electron chi connectivity index (χ2n) is 4.90. The van der Waals surface area contributed by atoms with Gasteiger partial charge in [0.15, 0.2) is 0 Å². The van der Waals surface area contributed by atoms with E-state index in [9.17, 15) is 0 Å². The summed E-state index contributed by atoms with van der Waals surface area (Å²) in [5, 5.41) is 0. The van der Waals surface area contributed by atoms with E-state index in [4.69, 9.17) is 26.6 Å². The minimum atomic E-state index is -2.43. The minimum Gasteiger partial charge on any atom is -0.377 e. The molecule has 0 fully saturated rings. The lowest BCUT2D eigenvalue weighted by molar-refractivity contribution is 0.103. The fraction of sp³-hybridized carbons (Fsp3) is 1.00. The van der Waals surface area contributed by atoms with E-state index < -0.39 is 17.6 Å². The Balaban J connectivity index is 3.83. The molecule has 0 amide bonds. The summed E-state index contributed by atoms with van der Waals surface area (Å²) >= 11 is 0. The van der Waals surface area contributed by atoms with E-state index in [2.05, 4.69) is 0 Å². The smallest absolute Gasteiger partial charge is 0.377 e. The quantitative estimate of drug-likeness (QED) is 0.201. The first-order chi connectivity index (χ1) is 11.6. The molecule has 0 radical (unpaired) electrons. The van der Waals surface area contributed by atoms with Gasteiger partial charge < -0.3 is 26.6 Å². The average molecular weight is 419 g/mol. The maximum atomic E-state index is 5.70. The van der Waals surface area contributed by atoms with Gasteiger partial charge in [0.1, 0.15) is 0 Å². The van der Waals surface area contributed by atoms with Crippen LogP contribution in [0.2, 0.25) is 12.1 Å². The topological polar surface area (TPSA) is 55.4 Å². The molecule has 24 heavy (non-hydrogen) atoms. The molecule has 146 valence electrons. The molecule has 0 spiro atoms. The van der Waals surface area contributed by atoms with Crippen LogP contribution in [0.25, 0.3) is 0 Å². The lowest BCUT2D eigenvalue weighted by Crippen LogP contribution is -2.43. The summed E-state index contributed by atoms with van der Waals surface area (Å²) in [6.07, 6.45) is 2.05. The van der Waals surface area contributed by atoms with Crippen LogP contribution in [0.4, 0.5) is 0 Å². The second kappa shape index (κ2) is 15.0. The predicted molar refractivity (Wildman–Crippen MR) is 107 cm³/mol. The largest absolute Gasteiger partial charge is 0.500 e. The Bertz CT molecular complexity index is 266. The molecule has 0 aromatic carbocycles. The molecule has 0 bridgehead atoms. The molecule has 0 N–H and O–H groups in total. The summed E-state index contributed by atoms with van der Waals surface area (Å²) in [5.74, 6) is 2.11. The van der Waals surface area contributed by atoms with Crippen LogP contribution in [0, 0.1) is 0 Å². The lowest BCUT2D eigenvalue weighted by atomic mass is 10.6. The Hall–Kier alpha value is 0.894. The van der Waals surface area contributed by atoms with Crippen molar-refractivity contribution in [3.63, 3.8) is 0 Å². The van der Waals surface area contributed by atoms with Crippen molar-refractivity contribution >= 4 is 39.2 Å². The third-order valence-corrected chi connectivity index (χ3v) is 11.9. The Morgan fingerprint density at radius 2 is 0.958 bits per heavy atom. The maximum absolute atomic E-state index is 5.70. The summed E-state index contributed by atoms with van der Waals surface area (Å²) in [6.45, 7) is 5.19. The summed E-state index contributed by atoms with van der Waals surface area (Å²) in [7, 11) is 5.59. The third kappa shape index (κ3) is 9.55. The third-order valence-electron chi connectivity index (χ3n) is 3.48. The van der Waals surface area contributed by atoms with E-state index in [0.29, 0.717) is 13.2 Å². The van der Waals surface area contributed by atoms with E-state index in [1.165, 1.54) is 0 Å². The van der Waals surface area contributed by atoms with Crippen molar-refractivity contribution in [2.24, 2.45) is 0 Å². The predicted octanol–water partition coefficient (Wildman–Crippen LogP) is 3.68. The maximum Gasteiger partial charge on any atom is 0.500 e. The van der Waals surface area contributed by atoms with Crippen molar-refractivity contribution in [3.8, 4) is 0 Å². The molecule has 0 aliphatic carbocycles. The Morgan fingerprint density at radius 1 is 0.625 bits per heavy atom. The molecule has 0 saturated carbocycles. The van der Waals surface area contributed by atoms with Gasteiger partial charge in [-0.15, -0.1) is 0 Å². The van der Waals surface area contributed by atoms with Gasteiger partial charge in [0.2, 0.25) is 0 Å². The fourth-order valence-electron chi connectivity index (χ4n) is 2.21. The summed E-state index contributed by atoms with van der Waals surface area (Å²) in [4.78, 5) is 0. The molecular weight excluding hydrogens is 384 g/mol. The van der Waals surface area contributed by atoms with Crippen LogP contribution in [0.1, 0.15) is 26.7 Å². The summed E-state index contributed by atoms with van der Waals surface area (Å²) in [6, 6.07) is 1.71. The van der Waals surface area contributed by atoms with Crippen molar-refractivity contribution in [3.05, 3.63) is 0 Å². The molecule has 0 aliphatic rings. The standard InChI is InChI=1S/C14H34O6S2Si2/c1-7-19-23(15-3,16-4)13-9-11-21-22-12-10-14-24(17-5,18-6)20-8-2/h7-14H2,1-6H3. The van der Waals surface area contributed by atoms with Crippen LogP contribution in [-0.4, -0.2) is 70.8 Å². The van der Waals surface area contributed by atoms with Crippen LogP contribution in [0.15, 0.2) is 0 Å². The molecule has 0 saturated heterocycles. The van der Waals surface area contributed by atoms with Crippen LogP contribution >= 0.6 is 21.6 Å². The first-order valence-electron chi connectivity index (χ1n) is 8.30. The molecule has 10 heteroatoms. The van der Waals surface area contributed by atoms with E-state index >= 15 is 0 Å². The Labute approximate surface area is 157 Å². The fourth-order valence-corrected chi connectivity index (χ4v) is 8.90. The molecule has 6 nitrogen and oxygen atoms in total. The monoisotopic (exact) mass is 418 g/mol. The van der Waals surface area contributed by atoms with Crippen LogP contribution < -0.4 is 0 Å². The zero-order chi connectivity index (χ0) is 18.3. The summed E-state index contributed by atoms with van der Waals surface area (Å²) < 4.78 is 33.4. The van der Waals surface area contributed by atoms with Gasteiger partial charge >= 0.3 is 17.6 Å². The van der Waals surface area contributed by atoms with Gasteiger partial charge in [-0.3, -0.25) is 0 Å². The molecule has 0 rings (SSSR count). The lowest BCUT2D eigenvalue weighted by Gasteiger charge is -2.25. The van der Waals surface area contributed by atoms with Crippen LogP contribution in [0.5, 0.6) is 0 Å². The van der Waals surface area contributed by atoms with Gasteiger partial charge in [-0.1, -0.05) is 21.6 Å². The first kappa shape index (κ1) is 24.9. The molecule has 0 aromatic heterocycles. The van der Waals surface area contributed by atoms with E-state index in [1.807, 2.05) is 35.4 Å². The van der Waals surface area contributed by atoms with E-state index in [-0.39, 0.29) is 0 Å². The van der Waals surface area contributed by atoms with Crippen molar-refractivity contribution in [1.82, 2.24) is 0 Å². The molecule has 0 unspecified atom stereocenters. The number of rotatable bonds is 17. The average Bonchev–Trinajstić information content (AvgIpc) is 2.62. The van der Waals surface area contributed by atoms with E-state index in [1.54, 1.807) is 28.4 Å². The summed E-state index contributed by atoms with van der Waals surface area (Å²) in [5.41, 5.74) is 0. The highest BCUT2D eigenvalue weighted by molar-refractivity contribution is 8.76. The van der Waals surface area contributed by atoms with Gasteiger partial charge in [0.05, 0.1) is 0 Å². The van der Waals surface area contributed by atoms with Crippen LogP contribution in [-0.2, 0) is 26.6 Å². The van der Waals surface area contributed by atoms with Gasteiger partial charge in [-0.25, -0.2) is 0 Å². The van der Waals surface area contributed by atoms with Crippen molar-refractivity contribution in [2.75, 3.05) is 53.2 Å². The minimum absolute atomic E-state index is 0.625. The second-order valence-corrected chi connectivity index (χ2v) is 13.5. The van der Waals surface area contributed by atoms with E-state index in [0.717, 1.165) is 36.4 Å². The normalized spacial score (nSPS) is 12.8. The number of hydrogen-bond donors (Lipinski definition) is 0. The van der Waals surface area contributed by atoms with Crippen LogP contribution in [0.3, 0.4) is 0 Å². The molecular formula is C14H34O6S2Si2. The van der Waals surface area contributed by atoms with Gasteiger partial charge in [-0.05, 0) is 26.7 Å². The zero-order valence-corrected chi connectivity index (χ0v) is 19.6. The Kier molecular flexibility index (Phi) is 15.6. The first-order valence-corrected chi connectivity index (χ1v) is 14.7. The SMILES string of the molecule is CCO[Si](CCCSSCCC[Si](OC)(OC)OCC)(OC)OC. The number of hydrogen-bond acceptors (Lipinski definition) is 8. The highest BCUT2D eigenvalue weighted by Crippen LogP contribution is 2.27. The molecule has 0 aliphatic heterocycles.